The van der Waals surface area contributed by atoms with Gasteiger partial charge in [0.05, 0.1) is 0 Å². The van der Waals surface area contributed by atoms with Gasteiger partial charge in [-0.3, -0.25) is 4.98 Å². The topological polar surface area (TPSA) is 42.4 Å². The highest BCUT2D eigenvalue weighted by molar-refractivity contribution is 5.83. The summed E-state index contributed by atoms with van der Waals surface area (Å²) < 4.78 is 6.15. The molecule has 3 nitrogen and oxygen atoms in total. The van der Waals surface area contributed by atoms with Crippen LogP contribution in [0.25, 0.3) is 10.8 Å². The maximum atomic E-state index is 11.0. The Morgan fingerprint density at radius 2 is 1.65 bits per heavy atom. The van der Waals surface area contributed by atoms with E-state index in [-0.39, 0.29) is 0 Å². The molecular formula is C20H21NO2. The number of rotatable bonds is 4. The molecule has 0 fully saturated rings. The fraction of sp³-hybridized carbons (Fsp3) is 0.250. The summed E-state index contributed by atoms with van der Waals surface area (Å²) in [6.07, 6.45) is 3.36. The Bertz CT molecular complexity index is 810. The molecule has 0 spiro atoms. The van der Waals surface area contributed by atoms with Gasteiger partial charge >= 0.3 is 0 Å². The average molecular weight is 307 g/mol. The van der Waals surface area contributed by atoms with Crippen LogP contribution in [0.4, 0.5) is 0 Å². The number of nitrogens with zero attached hydrogens (tertiary/aromatic N) is 1. The summed E-state index contributed by atoms with van der Waals surface area (Å²) in [5.41, 5.74) is -1.27. The molecule has 0 aliphatic carbocycles. The highest BCUT2D eigenvalue weighted by atomic mass is 16.5. The molecule has 118 valence electrons. The van der Waals surface area contributed by atoms with Gasteiger partial charge in [0.1, 0.15) is 17.0 Å². The van der Waals surface area contributed by atoms with E-state index in [0.29, 0.717) is 0 Å². The highest BCUT2D eigenvalue weighted by Gasteiger charge is 2.43. The Balaban J connectivity index is 1.92. The molecule has 0 bridgehead atoms. The normalized spacial score (nSPS) is 14.4. The van der Waals surface area contributed by atoms with Crippen molar-refractivity contribution in [3.63, 3.8) is 0 Å². The fourth-order valence-electron chi connectivity index (χ4n) is 2.62. The number of benzene rings is 2. The largest absolute Gasteiger partial charge is 0.484 e. The molecule has 1 N–H and O–H groups in total. The molecule has 1 heterocycles. The number of hydrogen-bond donors (Lipinski definition) is 1. The standard InChI is InChI=1S/C20H21NO2/c1-19(2,20(3,22)17-9-6-12-21-14-17)23-18-11-10-15-7-4-5-8-16(15)13-18/h4-14,22H,1-3H3. The highest BCUT2D eigenvalue weighted by Crippen LogP contribution is 2.36. The fourth-order valence-corrected chi connectivity index (χ4v) is 2.62. The number of pyridine rings is 1. The zero-order chi connectivity index (χ0) is 16.5. The molecule has 0 aliphatic rings. The summed E-state index contributed by atoms with van der Waals surface area (Å²) in [6, 6.07) is 17.8. The van der Waals surface area contributed by atoms with Crippen LogP contribution in [-0.4, -0.2) is 15.7 Å². The number of hydrogen-bond acceptors (Lipinski definition) is 3. The van der Waals surface area contributed by atoms with Crippen molar-refractivity contribution in [1.82, 2.24) is 4.98 Å². The van der Waals surface area contributed by atoms with E-state index in [1.807, 2.05) is 56.3 Å². The minimum absolute atomic E-state index is 0.728. The molecular weight excluding hydrogens is 286 g/mol. The van der Waals surface area contributed by atoms with Crippen molar-refractivity contribution in [2.75, 3.05) is 0 Å². The molecule has 3 aromatic rings. The molecule has 3 heteroatoms. The van der Waals surface area contributed by atoms with Crippen molar-refractivity contribution in [1.29, 1.82) is 0 Å². The zero-order valence-electron chi connectivity index (χ0n) is 13.7. The second kappa shape index (κ2) is 5.67. The Labute approximate surface area is 136 Å². The van der Waals surface area contributed by atoms with Gasteiger partial charge in [-0.1, -0.05) is 36.4 Å². The third-order valence-electron chi connectivity index (χ3n) is 4.49. The van der Waals surface area contributed by atoms with Gasteiger partial charge in [0.2, 0.25) is 0 Å². The first-order valence-corrected chi connectivity index (χ1v) is 7.71. The summed E-state index contributed by atoms with van der Waals surface area (Å²) >= 11 is 0. The molecule has 23 heavy (non-hydrogen) atoms. The van der Waals surface area contributed by atoms with Gasteiger partial charge in [0.25, 0.3) is 0 Å². The third-order valence-corrected chi connectivity index (χ3v) is 4.49. The number of fused-ring (bicyclic) bond motifs is 1. The van der Waals surface area contributed by atoms with E-state index in [1.54, 1.807) is 19.3 Å². The third kappa shape index (κ3) is 2.92. The first kappa shape index (κ1) is 15.5. The van der Waals surface area contributed by atoms with E-state index in [9.17, 15) is 5.11 Å². The van der Waals surface area contributed by atoms with Crippen LogP contribution in [0, 0.1) is 0 Å². The van der Waals surface area contributed by atoms with Crippen molar-refractivity contribution in [2.24, 2.45) is 0 Å². The summed E-state index contributed by atoms with van der Waals surface area (Å²) in [4.78, 5) is 4.10. The second-order valence-corrected chi connectivity index (χ2v) is 6.44. The summed E-state index contributed by atoms with van der Waals surface area (Å²) in [7, 11) is 0. The Hall–Kier alpha value is -2.39. The van der Waals surface area contributed by atoms with E-state index >= 15 is 0 Å². The van der Waals surface area contributed by atoms with Crippen LogP contribution in [0.5, 0.6) is 5.75 Å². The molecule has 1 atom stereocenters. The lowest BCUT2D eigenvalue weighted by molar-refractivity contribution is -0.109. The summed E-state index contributed by atoms with van der Waals surface area (Å²) in [5, 5.41) is 13.3. The molecule has 0 amide bonds. The number of aliphatic hydroxyl groups is 1. The van der Waals surface area contributed by atoms with E-state index in [2.05, 4.69) is 17.1 Å². The molecule has 0 saturated heterocycles. The zero-order valence-corrected chi connectivity index (χ0v) is 13.7. The average Bonchev–Trinajstić information content (AvgIpc) is 2.55. The quantitative estimate of drug-likeness (QED) is 0.781. The van der Waals surface area contributed by atoms with Crippen molar-refractivity contribution in [2.45, 2.75) is 32.0 Å². The number of ether oxygens (including phenoxy) is 1. The minimum Gasteiger partial charge on any atom is -0.484 e. The van der Waals surface area contributed by atoms with Gasteiger partial charge in [0.15, 0.2) is 0 Å². The van der Waals surface area contributed by atoms with E-state index in [4.69, 9.17) is 4.74 Å². The lowest BCUT2D eigenvalue weighted by atomic mass is 9.82. The molecule has 1 unspecified atom stereocenters. The van der Waals surface area contributed by atoms with Crippen LogP contribution < -0.4 is 4.74 Å². The predicted molar refractivity (Wildman–Crippen MR) is 92.5 cm³/mol. The van der Waals surface area contributed by atoms with Crippen LogP contribution in [0.15, 0.2) is 67.0 Å². The van der Waals surface area contributed by atoms with Crippen LogP contribution in [0.1, 0.15) is 26.3 Å². The van der Waals surface area contributed by atoms with Gasteiger partial charge in [-0.2, -0.15) is 0 Å². The molecule has 0 radical (unpaired) electrons. The van der Waals surface area contributed by atoms with Crippen LogP contribution in [0.3, 0.4) is 0 Å². The first-order chi connectivity index (χ1) is 10.9. The molecule has 3 rings (SSSR count). The summed E-state index contributed by atoms with van der Waals surface area (Å²) in [5.74, 6) is 0.734. The predicted octanol–water partition coefficient (Wildman–Crippen LogP) is 4.30. The molecule has 0 aliphatic heterocycles. The van der Waals surface area contributed by atoms with Gasteiger partial charge in [-0.25, -0.2) is 0 Å². The Kier molecular flexibility index (Phi) is 3.82. The van der Waals surface area contributed by atoms with E-state index in [1.165, 1.54) is 0 Å². The maximum Gasteiger partial charge on any atom is 0.136 e. The second-order valence-electron chi connectivity index (χ2n) is 6.44. The maximum absolute atomic E-state index is 11.0. The van der Waals surface area contributed by atoms with Crippen LogP contribution in [0.2, 0.25) is 0 Å². The molecule has 2 aromatic carbocycles. The summed E-state index contributed by atoms with van der Waals surface area (Å²) in [6.45, 7) is 5.52. The van der Waals surface area contributed by atoms with Gasteiger partial charge in [0, 0.05) is 18.0 Å². The van der Waals surface area contributed by atoms with Crippen molar-refractivity contribution in [3.8, 4) is 5.75 Å². The SMILES string of the molecule is CC(C)(Oc1ccc2ccccc2c1)C(C)(O)c1cccnc1. The van der Waals surface area contributed by atoms with E-state index in [0.717, 1.165) is 22.1 Å². The lowest BCUT2D eigenvalue weighted by Gasteiger charge is -2.40. The first-order valence-electron chi connectivity index (χ1n) is 7.71. The van der Waals surface area contributed by atoms with Crippen molar-refractivity contribution >= 4 is 10.8 Å². The lowest BCUT2D eigenvalue weighted by Crippen LogP contribution is -2.49. The Morgan fingerprint density at radius 1 is 0.913 bits per heavy atom. The Morgan fingerprint density at radius 3 is 2.35 bits per heavy atom. The van der Waals surface area contributed by atoms with Gasteiger partial charge in [-0.05, 0) is 49.7 Å². The monoisotopic (exact) mass is 307 g/mol. The van der Waals surface area contributed by atoms with Crippen molar-refractivity contribution in [3.05, 3.63) is 72.6 Å². The molecule has 0 saturated carbocycles. The molecule has 1 aromatic heterocycles. The minimum atomic E-state index is -1.17. The van der Waals surface area contributed by atoms with Crippen LogP contribution >= 0.6 is 0 Å². The van der Waals surface area contributed by atoms with Gasteiger partial charge < -0.3 is 9.84 Å². The van der Waals surface area contributed by atoms with Crippen LogP contribution in [-0.2, 0) is 5.60 Å². The van der Waals surface area contributed by atoms with Gasteiger partial charge in [-0.15, -0.1) is 0 Å². The smallest absolute Gasteiger partial charge is 0.136 e. The van der Waals surface area contributed by atoms with E-state index < -0.39 is 11.2 Å². The number of aromatic nitrogens is 1. The van der Waals surface area contributed by atoms with Crippen molar-refractivity contribution < 1.29 is 9.84 Å².